The van der Waals surface area contributed by atoms with E-state index in [1.165, 1.54) is 6.08 Å². The van der Waals surface area contributed by atoms with Gasteiger partial charge >= 0.3 is 5.97 Å². The number of aliphatic hydroxyl groups excluding tert-OH is 1. The number of ether oxygens (including phenoxy) is 2. The predicted octanol–water partition coefficient (Wildman–Crippen LogP) is 4.40. The summed E-state index contributed by atoms with van der Waals surface area (Å²) in [6.45, 7) is 11.3. The van der Waals surface area contributed by atoms with Crippen LogP contribution < -0.4 is 0 Å². The third kappa shape index (κ3) is 7.22. The van der Waals surface area contributed by atoms with Crippen molar-refractivity contribution in [3.05, 3.63) is 47.6 Å². The molecular weight excluding hydrogens is 380 g/mol. The normalized spacial score (nSPS) is 34.9. The van der Waals surface area contributed by atoms with E-state index in [0.717, 1.165) is 30.4 Å². The number of fused-ring (bicyclic) bond motifs is 1. The van der Waals surface area contributed by atoms with Gasteiger partial charge in [-0.05, 0) is 77.4 Å². The summed E-state index contributed by atoms with van der Waals surface area (Å²) in [5, 5.41) is 19.8. The Labute approximate surface area is 181 Å². The van der Waals surface area contributed by atoms with Crippen molar-refractivity contribution in [3.8, 4) is 0 Å². The molecule has 0 aromatic heterocycles. The van der Waals surface area contributed by atoms with Crippen molar-refractivity contribution < 1.29 is 24.5 Å². The SMILES string of the molecule is CC(C)=CC(=O)OC1/C=C\C(C)(C/C=C/C(C)(C)O)C/C=C(/CO)CCC2OC12C. The maximum absolute atomic E-state index is 12.3. The van der Waals surface area contributed by atoms with Crippen LogP contribution in [0.1, 0.15) is 67.2 Å². The summed E-state index contributed by atoms with van der Waals surface area (Å²) < 4.78 is 11.8. The van der Waals surface area contributed by atoms with E-state index < -0.39 is 17.3 Å². The fourth-order valence-electron chi connectivity index (χ4n) is 3.71. The van der Waals surface area contributed by atoms with E-state index in [2.05, 4.69) is 19.1 Å². The third-order valence-corrected chi connectivity index (χ3v) is 5.76. The van der Waals surface area contributed by atoms with Crippen LogP contribution in [0.3, 0.4) is 0 Å². The average molecular weight is 419 g/mol. The minimum absolute atomic E-state index is 0.0129. The van der Waals surface area contributed by atoms with Crippen LogP contribution in [-0.4, -0.2) is 46.2 Å². The molecule has 0 amide bonds. The van der Waals surface area contributed by atoms with Gasteiger partial charge in [-0.25, -0.2) is 4.79 Å². The van der Waals surface area contributed by atoms with Crippen molar-refractivity contribution in [2.45, 2.75) is 90.6 Å². The Morgan fingerprint density at radius 1 is 1.37 bits per heavy atom. The lowest BCUT2D eigenvalue weighted by atomic mass is 9.81. The molecular formula is C25H38O5. The highest BCUT2D eigenvalue weighted by Gasteiger charge is 2.58. The maximum atomic E-state index is 12.3. The molecule has 5 nitrogen and oxygen atoms in total. The molecule has 30 heavy (non-hydrogen) atoms. The summed E-state index contributed by atoms with van der Waals surface area (Å²) in [7, 11) is 0. The van der Waals surface area contributed by atoms with Crippen LogP contribution in [0.2, 0.25) is 0 Å². The predicted molar refractivity (Wildman–Crippen MR) is 119 cm³/mol. The Hall–Kier alpha value is -1.69. The number of hydrogen-bond donors (Lipinski definition) is 2. The zero-order valence-corrected chi connectivity index (χ0v) is 19.3. The Morgan fingerprint density at radius 3 is 2.67 bits per heavy atom. The first-order valence-corrected chi connectivity index (χ1v) is 10.8. The second-order valence-electron chi connectivity index (χ2n) is 9.91. The number of hydrogen-bond acceptors (Lipinski definition) is 5. The Balaban J connectivity index is 2.32. The minimum atomic E-state index is -0.870. The summed E-state index contributed by atoms with van der Waals surface area (Å²) in [6.07, 6.45) is 13.9. The lowest BCUT2D eigenvalue weighted by molar-refractivity contribution is -0.143. The van der Waals surface area contributed by atoms with Gasteiger partial charge in [-0.3, -0.25) is 0 Å². The van der Waals surface area contributed by atoms with Crippen LogP contribution in [0.15, 0.2) is 47.6 Å². The quantitative estimate of drug-likeness (QED) is 0.289. The van der Waals surface area contributed by atoms with Gasteiger partial charge in [0.2, 0.25) is 0 Å². The number of allylic oxidation sites excluding steroid dienone is 4. The number of aliphatic hydroxyl groups is 2. The van der Waals surface area contributed by atoms with Crippen molar-refractivity contribution in [2.24, 2.45) is 5.41 Å². The fourth-order valence-corrected chi connectivity index (χ4v) is 3.71. The van der Waals surface area contributed by atoms with Crippen molar-refractivity contribution in [1.82, 2.24) is 0 Å². The summed E-state index contributed by atoms with van der Waals surface area (Å²) in [6, 6.07) is 0. The number of carbonyl (C=O) groups excluding carboxylic acids is 1. The lowest BCUT2D eigenvalue weighted by Crippen LogP contribution is -2.32. The molecule has 2 N–H and O–H groups in total. The molecule has 0 spiro atoms. The molecule has 4 atom stereocenters. The van der Waals surface area contributed by atoms with Gasteiger partial charge in [0.05, 0.1) is 18.3 Å². The van der Waals surface area contributed by atoms with Crippen LogP contribution in [-0.2, 0) is 14.3 Å². The van der Waals surface area contributed by atoms with E-state index in [1.54, 1.807) is 19.9 Å². The van der Waals surface area contributed by atoms with E-state index in [1.807, 2.05) is 32.9 Å². The Kier molecular flexibility index (Phi) is 7.89. The van der Waals surface area contributed by atoms with Gasteiger partial charge < -0.3 is 19.7 Å². The van der Waals surface area contributed by atoms with E-state index in [-0.39, 0.29) is 24.1 Å². The Bertz CT molecular complexity index is 735. The molecule has 0 aromatic carbocycles. The first kappa shape index (κ1) is 24.6. The number of carbonyl (C=O) groups is 1. The van der Waals surface area contributed by atoms with Crippen LogP contribution >= 0.6 is 0 Å². The third-order valence-electron chi connectivity index (χ3n) is 5.76. The van der Waals surface area contributed by atoms with Crippen LogP contribution in [0.5, 0.6) is 0 Å². The number of esters is 1. The van der Waals surface area contributed by atoms with Crippen molar-refractivity contribution >= 4 is 5.97 Å². The molecule has 1 heterocycles. The summed E-state index contributed by atoms with van der Waals surface area (Å²) in [5.41, 5.74) is 0.200. The van der Waals surface area contributed by atoms with Gasteiger partial charge in [0.1, 0.15) is 5.60 Å². The highest BCUT2D eigenvalue weighted by molar-refractivity contribution is 5.83. The second-order valence-corrected chi connectivity index (χ2v) is 9.91. The molecule has 168 valence electrons. The molecule has 4 unspecified atom stereocenters. The topological polar surface area (TPSA) is 79.3 Å². The molecule has 0 aromatic rings. The molecule has 2 aliphatic rings. The first-order valence-electron chi connectivity index (χ1n) is 10.8. The fraction of sp³-hybridized carbons (Fsp3) is 0.640. The van der Waals surface area contributed by atoms with Crippen molar-refractivity contribution in [2.75, 3.05) is 6.61 Å². The van der Waals surface area contributed by atoms with Gasteiger partial charge in [0.15, 0.2) is 6.10 Å². The summed E-state index contributed by atoms with van der Waals surface area (Å²) in [5.74, 6) is -0.368. The van der Waals surface area contributed by atoms with Crippen molar-refractivity contribution in [3.63, 3.8) is 0 Å². The molecule has 5 heteroatoms. The molecule has 0 saturated carbocycles. The first-order chi connectivity index (χ1) is 13.9. The molecule has 1 saturated heterocycles. The van der Waals surface area contributed by atoms with Crippen LogP contribution in [0.4, 0.5) is 0 Å². The maximum Gasteiger partial charge on any atom is 0.331 e. The minimum Gasteiger partial charge on any atom is -0.452 e. The summed E-state index contributed by atoms with van der Waals surface area (Å²) in [4.78, 5) is 12.3. The molecule has 2 rings (SSSR count). The lowest BCUT2D eigenvalue weighted by Gasteiger charge is -2.26. The van der Waals surface area contributed by atoms with Gasteiger partial charge in [0, 0.05) is 6.08 Å². The van der Waals surface area contributed by atoms with Gasteiger partial charge in [-0.1, -0.05) is 36.8 Å². The van der Waals surface area contributed by atoms with E-state index in [0.29, 0.717) is 6.42 Å². The second kappa shape index (κ2) is 9.63. The smallest absolute Gasteiger partial charge is 0.331 e. The van der Waals surface area contributed by atoms with E-state index in [9.17, 15) is 15.0 Å². The highest BCUT2D eigenvalue weighted by Crippen LogP contribution is 2.45. The van der Waals surface area contributed by atoms with E-state index in [4.69, 9.17) is 9.47 Å². The standard InChI is InChI=1S/C25H38O5/c1-18(2)16-22(27)29-20-11-15-24(5,13-7-12-23(3,4)28)14-10-19(17-26)8-9-21-25(20,6)30-21/h7,10-12,15-16,20-21,26,28H,8-9,13-14,17H2,1-6H3/b12-7+,15-11-,19-10+. The monoisotopic (exact) mass is 418 g/mol. The molecule has 1 aliphatic carbocycles. The molecule has 0 radical (unpaired) electrons. The van der Waals surface area contributed by atoms with Gasteiger partial charge in [0.25, 0.3) is 0 Å². The average Bonchev–Trinajstić information content (AvgIpc) is 3.28. The van der Waals surface area contributed by atoms with Crippen molar-refractivity contribution in [1.29, 1.82) is 0 Å². The van der Waals surface area contributed by atoms with Gasteiger partial charge in [-0.15, -0.1) is 0 Å². The largest absolute Gasteiger partial charge is 0.452 e. The van der Waals surface area contributed by atoms with E-state index >= 15 is 0 Å². The molecule has 1 fully saturated rings. The van der Waals surface area contributed by atoms with Crippen LogP contribution in [0.25, 0.3) is 0 Å². The zero-order chi connectivity index (χ0) is 22.6. The molecule has 1 aliphatic heterocycles. The number of epoxide rings is 1. The molecule has 0 bridgehead atoms. The van der Waals surface area contributed by atoms with Gasteiger partial charge in [-0.2, -0.15) is 0 Å². The summed E-state index contributed by atoms with van der Waals surface area (Å²) >= 11 is 0. The Morgan fingerprint density at radius 2 is 2.07 bits per heavy atom. The number of rotatable bonds is 6. The zero-order valence-electron chi connectivity index (χ0n) is 19.3. The van der Waals surface area contributed by atoms with Crippen LogP contribution in [0, 0.1) is 5.41 Å². The highest BCUT2D eigenvalue weighted by atomic mass is 16.6.